The first-order chi connectivity index (χ1) is 8.85. The summed E-state index contributed by atoms with van der Waals surface area (Å²) in [4.78, 5) is 2.52. The van der Waals surface area contributed by atoms with E-state index in [0.29, 0.717) is 0 Å². The lowest BCUT2D eigenvalue weighted by molar-refractivity contribution is 0.302. The molecule has 108 valence electrons. The van der Waals surface area contributed by atoms with Crippen LogP contribution in [0.5, 0.6) is 0 Å². The predicted molar refractivity (Wildman–Crippen MR) is 77.1 cm³/mol. The Morgan fingerprint density at radius 3 is 2.68 bits per heavy atom. The van der Waals surface area contributed by atoms with E-state index in [0.717, 1.165) is 30.5 Å². The number of likely N-dealkylation sites (tertiary alicyclic amines) is 1. The van der Waals surface area contributed by atoms with E-state index in [1.807, 2.05) is 13.8 Å². The molecule has 0 saturated carbocycles. The van der Waals surface area contributed by atoms with Gasteiger partial charge in [-0.05, 0) is 60.0 Å². The van der Waals surface area contributed by atoms with Gasteiger partial charge in [-0.3, -0.25) is 4.90 Å². The van der Waals surface area contributed by atoms with Crippen molar-refractivity contribution < 1.29 is 4.52 Å². The highest BCUT2D eigenvalue weighted by Crippen LogP contribution is 2.21. The van der Waals surface area contributed by atoms with E-state index < -0.39 is 0 Å². The molecular formula is C15H27N3O. The van der Waals surface area contributed by atoms with Gasteiger partial charge in [-0.25, -0.2) is 0 Å². The fraction of sp³-hybridized carbons (Fsp3) is 0.800. The molecule has 1 atom stereocenters. The molecule has 1 fully saturated rings. The molecule has 0 aliphatic carbocycles. The van der Waals surface area contributed by atoms with Gasteiger partial charge in [0.25, 0.3) is 0 Å². The highest BCUT2D eigenvalue weighted by Gasteiger charge is 2.25. The molecule has 0 aromatic carbocycles. The SMILES string of the molecule is Cc1noc(C)c1CN1CCC(CNC(C)(C)C)C1. The Morgan fingerprint density at radius 1 is 1.37 bits per heavy atom. The van der Waals surface area contributed by atoms with E-state index in [1.165, 1.54) is 25.1 Å². The number of aromatic nitrogens is 1. The van der Waals surface area contributed by atoms with Gasteiger partial charge in [0.05, 0.1) is 5.69 Å². The minimum Gasteiger partial charge on any atom is -0.361 e. The maximum absolute atomic E-state index is 5.24. The van der Waals surface area contributed by atoms with Crippen LogP contribution in [0.2, 0.25) is 0 Å². The third-order valence-electron chi connectivity index (χ3n) is 3.85. The quantitative estimate of drug-likeness (QED) is 0.908. The number of rotatable bonds is 4. The van der Waals surface area contributed by atoms with E-state index >= 15 is 0 Å². The second-order valence-electron chi connectivity index (χ2n) is 6.82. The molecule has 19 heavy (non-hydrogen) atoms. The smallest absolute Gasteiger partial charge is 0.138 e. The van der Waals surface area contributed by atoms with Crippen molar-refractivity contribution in [2.45, 2.75) is 53.1 Å². The lowest BCUT2D eigenvalue weighted by Crippen LogP contribution is -2.39. The van der Waals surface area contributed by atoms with E-state index in [2.05, 4.69) is 36.1 Å². The summed E-state index contributed by atoms with van der Waals surface area (Å²) in [6.45, 7) is 15.2. The zero-order chi connectivity index (χ0) is 14.0. The Labute approximate surface area is 116 Å². The Morgan fingerprint density at radius 2 is 2.11 bits per heavy atom. The average molecular weight is 265 g/mol. The molecule has 2 heterocycles. The number of nitrogens with one attached hydrogen (secondary N) is 1. The van der Waals surface area contributed by atoms with Gasteiger partial charge in [0, 0.05) is 24.2 Å². The Kier molecular flexibility index (Phi) is 4.31. The molecule has 4 heteroatoms. The second kappa shape index (κ2) is 5.63. The van der Waals surface area contributed by atoms with Crippen LogP contribution in [0.3, 0.4) is 0 Å². The first-order valence-electron chi connectivity index (χ1n) is 7.24. The van der Waals surface area contributed by atoms with Crippen LogP contribution in [-0.2, 0) is 6.54 Å². The van der Waals surface area contributed by atoms with Crippen molar-refractivity contribution in [2.24, 2.45) is 5.92 Å². The molecule has 2 rings (SSSR count). The maximum Gasteiger partial charge on any atom is 0.138 e. The summed E-state index contributed by atoms with van der Waals surface area (Å²) in [5.41, 5.74) is 2.52. The standard InChI is InChI=1S/C15H27N3O/c1-11-14(12(2)19-17-11)10-18-7-6-13(9-18)8-16-15(3,4)5/h13,16H,6-10H2,1-5H3. The monoisotopic (exact) mass is 265 g/mol. The molecule has 1 unspecified atom stereocenters. The van der Waals surface area contributed by atoms with E-state index in [9.17, 15) is 0 Å². The van der Waals surface area contributed by atoms with Gasteiger partial charge < -0.3 is 9.84 Å². The van der Waals surface area contributed by atoms with E-state index in [1.54, 1.807) is 0 Å². The number of hydrogen-bond acceptors (Lipinski definition) is 4. The number of hydrogen-bond donors (Lipinski definition) is 1. The van der Waals surface area contributed by atoms with Crippen LogP contribution in [-0.4, -0.2) is 35.2 Å². The maximum atomic E-state index is 5.24. The highest BCUT2D eigenvalue weighted by atomic mass is 16.5. The first-order valence-corrected chi connectivity index (χ1v) is 7.24. The van der Waals surface area contributed by atoms with Gasteiger partial charge in [-0.1, -0.05) is 5.16 Å². The lowest BCUT2D eigenvalue weighted by Gasteiger charge is -2.23. The van der Waals surface area contributed by atoms with E-state index in [4.69, 9.17) is 4.52 Å². The van der Waals surface area contributed by atoms with Crippen molar-refractivity contribution in [3.05, 3.63) is 17.0 Å². The largest absolute Gasteiger partial charge is 0.361 e. The van der Waals surface area contributed by atoms with E-state index in [-0.39, 0.29) is 5.54 Å². The topological polar surface area (TPSA) is 41.3 Å². The van der Waals surface area contributed by atoms with Crippen LogP contribution in [0, 0.1) is 19.8 Å². The summed E-state index contributed by atoms with van der Waals surface area (Å²) in [6, 6.07) is 0. The molecule has 1 aromatic heterocycles. The van der Waals surface area contributed by atoms with Crippen molar-refractivity contribution in [3.8, 4) is 0 Å². The van der Waals surface area contributed by atoms with Crippen molar-refractivity contribution in [2.75, 3.05) is 19.6 Å². The Bertz CT molecular complexity index is 400. The summed E-state index contributed by atoms with van der Waals surface area (Å²) in [5.74, 6) is 1.73. The molecule has 1 aliphatic heterocycles. The number of nitrogens with zero attached hydrogens (tertiary/aromatic N) is 2. The lowest BCUT2D eigenvalue weighted by atomic mass is 10.1. The third-order valence-corrected chi connectivity index (χ3v) is 3.85. The van der Waals surface area contributed by atoms with Crippen molar-refractivity contribution in [3.63, 3.8) is 0 Å². The van der Waals surface area contributed by atoms with Crippen LogP contribution in [0.15, 0.2) is 4.52 Å². The van der Waals surface area contributed by atoms with Crippen molar-refractivity contribution >= 4 is 0 Å². The van der Waals surface area contributed by atoms with Gasteiger partial charge in [-0.2, -0.15) is 0 Å². The van der Waals surface area contributed by atoms with Crippen LogP contribution < -0.4 is 5.32 Å². The molecule has 0 radical (unpaired) electrons. The zero-order valence-electron chi connectivity index (χ0n) is 12.9. The minimum atomic E-state index is 0.217. The first kappa shape index (κ1) is 14.5. The Balaban J connectivity index is 1.82. The van der Waals surface area contributed by atoms with Gasteiger partial charge >= 0.3 is 0 Å². The molecular weight excluding hydrogens is 238 g/mol. The summed E-state index contributed by atoms with van der Waals surface area (Å²) < 4.78 is 5.24. The predicted octanol–water partition coefficient (Wildman–Crippen LogP) is 2.50. The van der Waals surface area contributed by atoms with Crippen molar-refractivity contribution in [1.82, 2.24) is 15.4 Å². The molecule has 1 saturated heterocycles. The highest BCUT2D eigenvalue weighted by molar-refractivity contribution is 5.20. The zero-order valence-corrected chi connectivity index (χ0v) is 12.9. The van der Waals surface area contributed by atoms with Gasteiger partial charge in [0.2, 0.25) is 0 Å². The van der Waals surface area contributed by atoms with Gasteiger partial charge in [0.1, 0.15) is 5.76 Å². The van der Waals surface area contributed by atoms with Crippen LogP contribution >= 0.6 is 0 Å². The molecule has 1 N–H and O–H groups in total. The van der Waals surface area contributed by atoms with Crippen molar-refractivity contribution in [1.29, 1.82) is 0 Å². The fourth-order valence-electron chi connectivity index (χ4n) is 2.62. The third kappa shape index (κ3) is 4.05. The summed E-state index contributed by atoms with van der Waals surface area (Å²) >= 11 is 0. The molecule has 1 aliphatic rings. The minimum absolute atomic E-state index is 0.217. The summed E-state index contributed by atoms with van der Waals surface area (Å²) in [6.07, 6.45) is 1.28. The molecule has 0 bridgehead atoms. The molecule has 4 nitrogen and oxygen atoms in total. The van der Waals surface area contributed by atoms with Gasteiger partial charge in [-0.15, -0.1) is 0 Å². The van der Waals surface area contributed by atoms with Crippen LogP contribution in [0.4, 0.5) is 0 Å². The fourth-order valence-corrected chi connectivity index (χ4v) is 2.62. The normalized spacial score (nSPS) is 21.2. The average Bonchev–Trinajstić information content (AvgIpc) is 2.88. The van der Waals surface area contributed by atoms with Crippen LogP contribution in [0.1, 0.15) is 44.2 Å². The summed E-state index contributed by atoms with van der Waals surface area (Å²) in [7, 11) is 0. The number of aryl methyl sites for hydroxylation is 2. The van der Waals surface area contributed by atoms with Gasteiger partial charge in [0.15, 0.2) is 0 Å². The summed E-state index contributed by atoms with van der Waals surface area (Å²) in [5, 5.41) is 7.64. The Hall–Kier alpha value is -0.870. The molecule has 0 spiro atoms. The second-order valence-corrected chi connectivity index (χ2v) is 6.82. The molecule has 0 amide bonds. The molecule has 1 aromatic rings. The van der Waals surface area contributed by atoms with Crippen LogP contribution in [0.25, 0.3) is 0 Å².